The molecule has 2 N–H and O–H groups in total. The lowest BCUT2D eigenvalue weighted by atomic mass is 9.67. The van der Waals surface area contributed by atoms with Gasteiger partial charge in [0.2, 0.25) is 5.91 Å². The summed E-state index contributed by atoms with van der Waals surface area (Å²) in [6.45, 7) is 3.49. The smallest absolute Gasteiger partial charge is 0.343 e. The van der Waals surface area contributed by atoms with Crippen LogP contribution in [0.15, 0.2) is 35.1 Å². The van der Waals surface area contributed by atoms with Crippen LogP contribution in [0.3, 0.4) is 0 Å². The van der Waals surface area contributed by atoms with Crippen molar-refractivity contribution in [1.82, 2.24) is 14.8 Å². The molecule has 3 aromatic rings. The second kappa shape index (κ2) is 7.16. The van der Waals surface area contributed by atoms with Crippen molar-refractivity contribution in [1.29, 1.82) is 0 Å². The number of benzene rings is 2. The van der Waals surface area contributed by atoms with Gasteiger partial charge in [0.1, 0.15) is 17.0 Å². The van der Waals surface area contributed by atoms with Gasteiger partial charge in [0, 0.05) is 17.1 Å². The molecule has 1 amide bonds. The van der Waals surface area contributed by atoms with Gasteiger partial charge in [-0.05, 0) is 50.1 Å². The van der Waals surface area contributed by atoms with Gasteiger partial charge in [0.25, 0.3) is 0 Å². The summed E-state index contributed by atoms with van der Waals surface area (Å²) in [6.07, 6.45) is 0.142. The summed E-state index contributed by atoms with van der Waals surface area (Å²) in [4.78, 5) is 26.3. The van der Waals surface area contributed by atoms with Crippen molar-refractivity contribution < 1.29 is 18.3 Å². The minimum atomic E-state index is -1.40. The summed E-state index contributed by atoms with van der Waals surface area (Å²) in [5.41, 5.74) is -1.21. The largest absolute Gasteiger partial charge is 0.491 e. The molecule has 3 heterocycles. The van der Waals surface area contributed by atoms with Gasteiger partial charge < -0.3 is 10.1 Å². The SMILES string of the molecule is CC(C)Oc1ccc(F)c(F)c1[C@H]1n2c(n[nH]c2=O)CC[C@]12C(=O)Nc1cc(Cl)ccc12. The molecule has 1 aromatic heterocycles. The Labute approximate surface area is 186 Å². The first-order valence-corrected chi connectivity index (χ1v) is 10.5. The molecule has 2 aliphatic rings. The molecular formula is C22H19ClF2N4O3. The van der Waals surface area contributed by atoms with E-state index in [0.717, 1.165) is 6.07 Å². The monoisotopic (exact) mass is 460 g/mol. The van der Waals surface area contributed by atoms with Crippen LogP contribution in [0.4, 0.5) is 14.5 Å². The van der Waals surface area contributed by atoms with Crippen molar-refractivity contribution in [3.63, 3.8) is 0 Å². The number of fused-ring (bicyclic) bond motifs is 3. The number of rotatable bonds is 3. The molecule has 7 nitrogen and oxygen atoms in total. The Kier molecular flexibility index (Phi) is 4.63. The number of carbonyl (C=O) groups is 1. The number of aromatic nitrogens is 3. The van der Waals surface area contributed by atoms with Crippen LogP contribution < -0.4 is 15.7 Å². The van der Waals surface area contributed by atoms with E-state index in [1.165, 1.54) is 10.6 Å². The normalized spacial score (nSPS) is 21.6. The lowest BCUT2D eigenvalue weighted by molar-refractivity contribution is -0.122. The second-order valence-electron chi connectivity index (χ2n) is 8.27. The summed E-state index contributed by atoms with van der Waals surface area (Å²) >= 11 is 6.12. The predicted octanol–water partition coefficient (Wildman–Crippen LogP) is 3.72. The Hall–Kier alpha value is -3.20. The van der Waals surface area contributed by atoms with Crippen LogP contribution >= 0.6 is 11.6 Å². The number of nitrogens with zero attached hydrogens (tertiary/aromatic N) is 2. The molecule has 10 heteroatoms. The maximum absolute atomic E-state index is 15.5. The first kappa shape index (κ1) is 20.7. The maximum atomic E-state index is 15.5. The predicted molar refractivity (Wildman–Crippen MR) is 113 cm³/mol. The van der Waals surface area contributed by atoms with Crippen LogP contribution in [-0.4, -0.2) is 26.8 Å². The standard InChI is InChI=1S/C22H19ClF2N4O3/c1-10(2)32-15-6-5-13(24)18(25)17(15)19-22(8-7-16-27-28-21(31)29(16)19)12-4-3-11(23)9-14(12)26-20(22)30/h3-6,9-10,19H,7-8H2,1-2H3,(H,26,30)(H,28,31)/t19-,22-/m1/s1. The molecule has 166 valence electrons. The van der Waals surface area contributed by atoms with Gasteiger partial charge in [-0.25, -0.2) is 18.7 Å². The molecule has 5 rings (SSSR count). The number of aryl methyl sites for hydroxylation is 1. The molecule has 2 aliphatic heterocycles. The highest BCUT2D eigenvalue weighted by Gasteiger charge is 2.58. The van der Waals surface area contributed by atoms with Crippen LogP contribution in [-0.2, 0) is 16.6 Å². The van der Waals surface area contributed by atoms with Crippen molar-refractivity contribution in [3.05, 3.63) is 74.4 Å². The molecule has 2 atom stereocenters. The summed E-state index contributed by atoms with van der Waals surface area (Å²) in [5.74, 6) is -2.31. The van der Waals surface area contributed by atoms with Crippen molar-refractivity contribution in [3.8, 4) is 5.75 Å². The average molecular weight is 461 g/mol. The average Bonchev–Trinajstić information content (AvgIpc) is 3.23. The molecule has 0 saturated carbocycles. The Balaban J connectivity index is 1.87. The van der Waals surface area contributed by atoms with E-state index in [9.17, 15) is 14.0 Å². The molecule has 0 fully saturated rings. The number of hydrogen-bond acceptors (Lipinski definition) is 4. The molecule has 0 unspecified atom stereocenters. The van der Waals surface area contributed by atoms with Crippen LogP contribution in [0.25, 0.3) is 0 Å². The number of anilines is 1. The van der Waals surface area contributed by atoms with Crippen LogP contribution in [0.5, 0.6) is 5.75 Å². The lowest BCUT2D eigenvalue weighted by Gasteiger charge is -2.41. The lowest BCUT2D eigenvalue weighted by Crippen LogP contribution is -2.50. The second-order valence-corrected chi connectivity index (χ2v) is 8.71. The zero-order chi connectivity index (χ0) is 22.8. The molecule has 2 aromatic carbocycles. The fourth-order valence-electron chi connectivity index (χ4n) is 4.87. The van der Waals surface area contributed by atoms with E-state index < -0.39 is 34.7 Å². The number of carbonyl (C=O) groups excluding carboxylic acids is 1. The molecule has 1 spiro atoms. The summed E-state index contributed by atoms with van der Waals surface area (Å²) in [6, 6.07) is 5.95. The topological polar surface area (TPSA) is 89.0 Å². The minimum Gasteiger partial charge on any atom is -0.491 e. The highest BCUT2D eigenvalue weighted by Crippen LogP contribution is 2.54. The fraction of sp³-hybridized carbons (Fsp3) is 0.318. The highest BCUT2D eigenvalue weighted by atomic mass is 35.5. The highest BCUT2D eigenvalue weighted by molar-refractivity contribution is 6.31. The Morgan fingerprint density at radius 3 is 2.78 bits per heavy atom. The van der Waals surface area contributed by atoms with Crippen molar-refractivity contribution >= 4 is 23.2 Å². The number of halogens is 3. The zero-order valence-electron chi connectivity index (χ0n) is 17.2. The van der Waals surface area contributed by atoms with E-state index in [1.54, 1.807) is 32.0 Å². The Morgan fingerprint density at radius 1 is 1.25 bits per heavy atom. The molecule has 0 saturated heterocycles. The Morgan fingerprint density at radius 2 is 2.03 bits per heavy atom. The molecule has 32 heavy (non-hydrogen) atoms. The third-order valence-electron chi connectivity index (χ3n) is 6.09. The molecule has 0 aliphatic carbocycles. The maximum Gasteiger partial charge on any atom is 0.343 e. The summed E-state index contributed by atoms with van der Waals surface area (Å²) in [5, 5.41) is 9.64. The van der Waals surface area contributed by atoms with Gasteiger partial charge in [0.15, 0.2) is 11.6 Å². The minimum absolute atomic E-state index is 0.0550. The van der Waals surface area contributed by atoms with E-state index in [0.29, 0.717) is 22.1 Å². The number of hydrogen-bond donors (Lipinski definition) is 2. The van der Waals surface area contributed by atoms with Crippen LogP contribution in [0.1, 0.15) is 43.3 Å². The van der Waals surface area contributed by atoms with Crippen molar-refractivity contribution in [2.75, 3.05) is 5.32 Å². The number of nitrogens with one attached hydrogen (secondary N) is 2. The van der Waals surface area contributed by atoms with Crippen LogP contribution in [0, 0.1) is 11.6 Å². The first-order valence-electron chi connectivity index (χ1n) is 10.2. The van der Waals surface area contributed by atoms with E-state index in [2.05, 4.69) is 15.5 Å². The first-order chi connectivity index (χ1) is 15.2. The molecule has 0 radical (unpaired) electrons. The van der Waals surface area contributed by atoms with Gasteiger partial charge in [-0.3, -0.25) is 9.36 Å². The number of ether oxygens (including phenoxy) is 1. The fourth-order valence-corrected chi connectivity index (χ4v) is 5.04. The van der Waals surface area contributed by atoms with Gasteiger partial charge in [-0.1, -0.05) is 17.7 Å². The van der Waals surface area contributed by atoms with Gasteiger partial charge >= 0.3 is 5.69 Å². The quantitative estimate of drug-likeness (QED) is 0.623. The van der Waals surface area contributed by atoms with E-state index in [1.807, 2.05) is 0 Å². The number of aromatic amines is 1. The summed E-state index contributed by atoms with van der Waals surface area (Å²) < 4.78 is 37.0. The van der Waals surface area contributed by atoms with Gasteiger partial charge in [-0.2, -0.15) is 5.10 Å². The van der Waals surface area contributed by atoms with E-state index in [-0.39, 0.29) is 30.3 Å². The number of H-pyrrole nitrogens is 1. The van der Waals surface area contributed by atoms with Crippen molar-refractivity contribution in [2.24, 2.45) is 0 Å². The zero-order valence-corrected chi connectivity index (χ0v) is 18.0. The Bertz CT molecular complexity index is 1320. The molecular weight excluding hydrogens is 442 g/mol. The van der Waals surface area contributed by atoms with E-state index >= 15 is 4.39 Å². The van der Waals surface area contributed by atoms with Gasteiger partial charge in [0.05, 0.1) is 17.7 Å². The van der Waals surface area contributed by atoms with Gasteiger partial charge in [-0.15, -0.1) is 0 Å². The molecule has 0 bridgehead atoms. The number of amides is 1. The third kappa shape index (κ3) is 2.80. The van der Waals surface area contributed by atoms with Crippen LogP contribution in [0.2, 0.25) is 5.02 Å². The van der Waals surface area contributed by atoms with E-state index in [4.69, 9.17) is 16.3 Å². The van der Waals surface area contributed by atoms with Crippen molar-refractivity contribution in [2.45, 2.75) is 44.2 Å². The summed E-state index contributed by atoms with van der Waals surface area (Å²) in [7, 11) is 0. The third-order valence-corrected chi connectivity index (χ3v) is 6.32.